The maximum absolute atomic E-state index is 12.1. The summed E-state index contributed by atoms with van der Waals surface area (Å²) in [4.78, 5) is 12.1. The van der Waals surface area contributed by atoms with Gasteiger partial charge < -0.3 is 0 Å². The quantitative estimate of drug-likeness (QED) is 0.839. The van der Waals surface area contributed by atoms with Crippen molar-refractivity contribution >= 4 is 16.2 Å². The standard InChI is InChI=1S/C16H15NO2.Ru/c1-12-8-6-7-11-15(12)19-13(2)16(18)17-14-9-4-3-5-10-14;/h1,3-11,13H,2H3,(H,17,18);/q;+1. The molecule has 0 bridgehead atoms. The fraction of sp³-hybridized carbons (Fsp3) is 0.125. The number of carbonyl (C=O) groups excluding carboxylic acids is 1. The van der Waals surface area contributed by atoms with Gasteiger partial charge in [0, 0.05) is 0 Å². The van der Waals surface area contributed by atoms with Gasteiger partial charge in [0.1, 0.15) is 0 Å². The van der Waals surface area contributed by atoms with E-state index in [1.54, 1.807) is 6.92 Å². The number of amides is 1. The minimum absolute atomic E-state index is 0.170. The Morgan fingerprint density at radius 2 is 1.80 bits per heavy atom. The predicted octanol–water partition coefficient (Wildman–Crippen LogP) is 2.79. The maximum atomic E-state index is 12.1. The van der Waals surface area contributed by atoms with E-state index in [1.807, 2.05) is 59.2 Å². The minimum atomic E-state index is -0.567. The van der Waals surface area contributed by atoms with Gasteiger partial charge in [-0.2, -0.15) is 0 Å². The molecule has 0 radical (unpaired) electrons. The number of rotatable bonds is 5. The Hall–Kier alpha value is -1.80. The average Bonchev–Trinajstić information content (AvgIpc) is 2.48. The normalized spacial score (nSPS) is 11.4. The number of hydrogen-bond donors (Lipinski definition) is 1. The van der Waals surface area contributed by atoms with Crippen molar-refractivity contribution in [1.82, 2.24) is 0 Å². The summed E-state index contributed by atoms with van der Waals surface area (Å²) in [6, 6.07) is 16.9. The second-order valence-corrected chi connectivity index (χ2v) is 4.76. The van der Waals surface area contributed by atoms with Gasteiger partial charge in [-0.05, 0) is 0 Å². The van der Waals surface area contributed by atoms with Crippen LogP contribution in [0, 0.1) is 0 Å². The number of hydrogen-bond acceptors (Lipinski definition) is 2. The monoisotopic (exact) mass is 355 g/mol. The molecule has 1 amide bonds. The summed E-state index contributed by atoms with van der Waals surface area (Å²) in [6.07, 6.45) is -0.567. The van der Waals surface area contributed by atoms with E-state index in [0.29, 0.717) is 5.75 Å². The van der Waals surface area contributed by atoms with Crippen molar-refractivity contribution in [2.75, 3.05) is 5.32 Å². The van der Waals surface area contributed by atoms with Gasteiger partial charge in [-0.3, -0.25) is 0 Å². The van der Waals surface area contributed by atoms with Crippen molar-refractivity contribution in [2.24, 2.45) is 0 Å². The van der Waals surface area contributed by atoms with E-state index in [-0.39, 0.29) is 5.91 Å². The van der Waals surface area contributed by atoms with E-state index in [4.69, 9.17) is 4.74 Å². The van der Waals surface area contributed by atoms with E-state index < -0.39 is 6.10 Å². The third kappa shape index (κ3) is 3.85. The summed E-state index contributed by atoms with van der Waals surface area (Å²) in [6.45, 7) is 1.74. The number of benzene rings is 2. The molecule has 2 aromatic carbocycles. The molecule has 4 heteroatoms. The van der Waals surface area contributed by atoms with Crippen LogP contribution in [0.1, 0.15) is 12.5 Å². The summed E-state index contributed by atoms with van der Waals surface area (Å²) in [5, 5.41) is 2.82. The van der Waals surface area contributed by atoms with Crippen LogP contribution in [0.2, 0.25) is 0 Å². The van der Waals surface area contributed by atoms with Crippen molar-refractivity contribution in [2.45, 2.75) is 13.0 Å². The Labute approximate surface area is 128 Å². The number of nitrogens with one attached hydrogen (secondary N) is 1. The van der Waals surface area contributed by atoms with Crippen molar-refractivity contribution in [3.05, 3.63) is 60.2 Å². The molecule has 0 aliphatic heterocycles. The summed E-state index contributed by atoms with van der Waals surface area (Å²) < 4.78 is 7.60. The molecule has 1 N–H and O–H groups in total. The van der Waals surface area contributed by atoms with Crippen LogP contribution < -0.4 is 10.1 Å². The van der Waals surface area contributed by atoms with Crippen LogP contribution in [0.25, 0.3) is 0 Å². The first kappa shape index (κ1) is 14.6. The first-order chi connectivity index (χ1) is 9.70. The van der Waals surface area contributed by atoms with Gasteiger partial charge in [0.15, 0.2) is 0 Å². The van der Waals surface area contributed by atoms with Crippen LogP contribution in [0.4, 0.5) is 5.69 Å². The molecular formula is C16H15NO2Ru+. The Bertz CT molecular complexity index is 598. The van der Waals surface area contributed by atoms with Crippen LogP contribution in [0.3, 0.4) is 0 Å². The molecule has 3 nitrogen and oxygen atoms in total. The van der Waals surface area contributed by atoms with Gasteiger partial charge in [0.05, 0.1) is 0 Å². The second kappa shape index (κ2) is 7.11. The molecule has 2 aromatic rings. The van der Waals surface area contributed by atoms with Crippen LogP contribution in [-0.4, -0.2) is 16.6 Å². The van der Waals surface area contributed by atoms with Crippen molar-refractivity contribution in [3.63, 3.8) is 0 Å². The summed E-state index contributed by atoms with van der Waals surface area (Å²) in [5.41, 5.74) is 1.71. The molecule has 2 rings (SSSR count). The average molecular weight is 354 g/mol. The summed E-state index contributed by atoms with van der Waals surface area (Å²) in [7, 11) is 0. The molecule has 0 saturated heterocycles. The van der Waals surface area contributed by atoms with Gasteiger partial charge in [0.25, 0.3) is 0 Å². The van der Waals surface area contributed by atoms with Gasteiger partial charge in [-0.25, -0.2) is 0 Å². The number of carbonyl (C=O) groups is 1. The Balaban J connectivity index is 2.02. The zero-order chi connectivity index (χ0) is 14.4. The van der Waals surface area contributed by atoms with Crippen LogP contribution in [0.5, 0.6) is 5.75 Å². The Morgan fingerprint density at radius 1 is 1.15 bits per heavy atom. The fourth-order valence-corrected chi connectivity index (χ4v) is 2.10. The molecule has 20 heavy (non-hydrogen) atoms. The second-order valence-electron chi connectivity index (χ2n) is 4.26. The molecule has 0 aliphatic carbocycles. The molecule has 1 atom stereocenters. The zero-order valence-corrected chi connectivity index (χ0v) is 12.8. The van der Waals surface area contributed by atoms with Crippen LogP contribution in [-0.2, 0) is 22.6 Å². The molecule has 0 aromatic heterocycles. The van der Waals surface area contributed by atoms with Crippen LogP contribution >= 0.6 is 0 Å². The van der Waals surface area contributed by atoms with E-state index in [9.17, 15) is 4.79 Å². The third-order valence-corrected chi connectivity index (χ3v) is 3.28. The van der Waals surface area contributed by atoms with Crippen molar-refractivity contribution < 1.29 is 27.4 Å². The number of ether oxygens (including phenoxy) is 1. The van der Waals surface area contributed by atoms with Gasteiger partial charge >= 0.3 is 128 Å². The topological polar surface area (TPSA) is 38.3 Å². The van der Waals surface area contributed by atoms with Crippen LogP contribution in [0.15, 0.2) is 54.6 Å². The first-order valence-electron chi connectivity index (χ1n) is 6.24. The molecule has 0 fully saturated rings. The zero-order valence-electron chi connectivity index (χ0n) is 11.0. The number of anilines is 1. The summed E-state index contributed by atoms with van der Waals surface area (Å²) >= 11 is 2.44. The molecule has 0 aliphatic rings. The summed E-state index contributed by atoms with van der Waals surface area (Å²) in [5.74, 6) is 0.526. The van der Waals surface area contributed by atoms with Gasteiger partial charge in [-0.15, -0.1) is 0 Å². The van der Waals surface area contributed by atoms with E-state index in [2.05, 4.69) is 23.2 Å². The molecular weight excluding hydrogens is 339 g/mol. The van der Waals surface area contributed by atoms with E-state index in [0.717, 1.165) is 11.3 Å². The molecule has 0 heterocycles. The molecule has 0 spiro atoms. The third-order valence-electron chi connectivity index (χ3n) is 2.74. The molecule has 1 unspecified atom stereocenters. The van der Waals surface area contributed by atoms with Gasteiger partial charge in [-0.1, -0.05) is 0 Å². The predicted molar refractivity (Wildman–Crippen MR) is 76.8 cm³/mol. The fourth-order valence-electron chi connectivity index (χ4n) is 1.68. The molecule has 0 saturated carbocycles. The molecule has 103 valence electrons. The van der Waals surface area contributed by atoms with E-state index >= 15 is 0 Å². The first-order valence-corrected chi connectivity index (χ1v) is 7.24. The van der Waals surface area contributed by atoms with E-state index in [1.165, 1.54) is 0 Å². The Morgan fingerprint density at radius 3 is 2.50 bits per heavy atom. The van der Waals surface area contributed by atoms with Crippen molar-refractivity contribution in [1.29, 1.82) is 0 Å². The number of para-hydroxylation sites is 2. The SMILES string of the molecule is CC(Oc1ccccc1[CH]=[Ru+])C(=O)Nc1ccccc1. The van der Waals surface area contributed by atoms with Gasteiger partial charge in [0.2, 0.25) is 0 Å². The Kier molecular flexibility index (Phi) is 5.19. The van der Waals surface area contributed by atoms with Crippen molar-refractivity contribution in [3.8, 4) is 5.75 Å².